The summed E-state index contributed by atoms with van der Waals surface area (Å²) < 4.78 is 17.3. The topological polar surface area (TPSA) is 143 Å². The number of carboxylic acids is 1. The molecule has 0 fully saturated rings. The van der Waals surface area contributed by atoms with Crippen LogP contribution in [0.15, 0.2) is 78.9 Å². The van der Waals surface area contributed by atoms with Crippen LogP contribution in [-0.4, -0.2) is 68.0 Å². The first-order chi connectivity index (χ1) is 23.3. The molecule has 0 heterocycles. The van der Waals surface area contributed by atoms with Gasteiger partial charge in [0, 0.05) is 25.9 Å². The summed E-state index contributed by atoms with van der Waals surface area (Å²) in [5.74, 6) is -0.0523. The Bertz CT molecular complexity index is 1330. The molecule has 3 aromatic rings. The van der Waals surface area contributed by atoms with E-state index in [1.54, 1.807) is 14.2 Å². The molecule has 0 saturated carbocycles. The number of aliphatic hydroxyl groups excluding tert-OH is 1. The van der Waals surface area contributed by atoms with Gasteiger partial charge in [-0.2, -0.15) is 0 Å². The molecular formula is C38H50N2O8. The Labute approximate surface area is 283 Å². The zero-order chi connectivity index (χ0) is 34.6. The van der Waals surface area contributed by atoms with Gasteiger partial charge in [-0.25, -0.2) is 0 Å². The Balaban J connectivity index is 1.51. The monoisotopic (exact) mass is 662 g/mol. The van der Waals surface area contributed by atoms with Gasteiger partial charge in [-0.1, -0.05) is 93.1 Å². The van der Waals surface area contributed by atoms with Gasteiger partial charge in [0.2, 0.25) is 5.91 Å². The molecule has 0 aliphatic rings. The average Bonchev–Trinajstić information content (AvgIpc) is 3.11. The Morgan fingerprint density at radius 3 is 1.60 bits per heavy atom. The molecule has 0 aromatic heterocycles. The van der Waals surface area contributed by atoms with Crippen LogP contribution in [0.3, 0.4) is 0 Å². The van der Waals surface area contributed by atoms with E-state index in [9.17, 15) is 19.5 Å². The summed E-state index contributed by atoms with van der Waals surface area (Å²) in [4.78, 5) is 35.6. The molecule has 1 atom stereocenters. The van der Waals surface area contributed by atoms with E-state index in [1.807, 2.05) is 78.9 Å². The van der Waals surface area contributed by atoms with Crippen molar-refractivity contribution in [1.82, 2.24) is 10.6 Å². The summed E-state index contributed by atoms with van der Waals surface area (Å²) in [6, 6.07) is 24.6. The lowest BCUT2D eigenvalue weighted by molar-refractivity contribution is -0.137. The summed E-state index contributed by atoms with van der Waals surface area (Å²) in [5, 5.41) is 25.0. The highest BCUT2D eigenvalue weighted by atomic mass is 16.5. The molecule has 10 heteroatoms. The molecule has 0 spiro atoms. The molecule has 260 valence electrons. The van der Waals surface area contributed by atoms with E-state index < -0.39 is 23.6 Å². The van der Waals surface area contributed by atoms with Crippen LogP contribution in [0, 0.1) is 0 Å². The van der Waals surface area contributed by atoms with Gasteiger partial charge in [-0.15, -0.1) is 0 Å². The van der Waals surface area contributed by atoms with Gasteiger partial charge in [0.1, 0.15) is 17.1 Å². The number of rotatable bonds is 23. The predicted octanol–water partition coefficient (Wildman–Crippen LogP) is 5.59. The fourth-order valence-electron chi connectivity index (χ4n) is 5.57. The second-order valence-corrected chi connectivity index (χ2v) is 11.7. The average molecular weight is 663 g/mol. The van der Waals surface area contributed by atoms with Crippen LogP contribution in [0.4, 0.5) is 0 Å². The number of benzene rings is 3. The standard InChI is InChI=1S/C38H50N2O8/c1-46-32-22-18-30(19-23-32)38(29-14-10-9-11-15-29,31-20-24-33(47-2)25-21-31)48-28-34(41)37(45)40-27-26-39-35(42)16-12-7-5-3-4-6-8-13-17-36(43)44/h9-11,14-15,18-25,34,41H,3-8,12-13,16-17,26-28H2,1-2H3,(H,39,42)(H,40,45)(H,43,44)/t34-/m0/s1. The molecule has 0 aliphatic carbocycles. The first-order valence-electron chi connectivity index (χ1n) is 16.7. The third-order valence-electron chi connectivity index (χ3n) is 8.22. The molecule has 0 saturated heterocycles. The maximum absolute atomic E-state index is 12.9. The number of aliphatic hydroxyl groups is 1. The van der Waals surface area contributed by atoms with Crippen molar-refractivity contribution in [2.24, 2.45) is 0 Å². The van der Waals surface area contributed by atoms with E-state index >= 15 is 0 Å². The molecule has 2 amide bonds. The van der Waals surface area contributed by atoms with E-state index in [2.05, 4.69) is 10.6 Å². The van der Waals surface area contributed by atoms with Crippen molar-refractivity contribution in [2.45, 2.75) is 75.9 Å². The molecule has 3 aromatic carbocycles. The van der Waals surface area contributed by atoms with Gasteiger partial charge in [0.05, 0.1) is 20.8 Å². The fraction of sp³-hybridized carbons (Fsp3) is 0.447. The van der Waals surface area contributed by atoms with Crippen LogP contribution < -0.4 is 20.1 Å². The zero-order valence-corrected chi connectivity index (χ0v) is 28.1. The number of carbonyl (C=O) groups excluding carboxylic acids is 2. The number of methoxy groups -OCH3 is 2. The number of aliphatic carboxylic acids is 1. The van der Waals surface area contributed by atoms with E-state index in [4.69, 9.17) is 19.3 Å². The first-order valence-corrected chi connectivity index (χ1v) is 16.7. The Hall–Kier alpha value is -4.41. The number of carboxylic acid groups (broad SMARTS) is 1. The first kappa shape index (κ1) is 38.0. The van der Waals surface area contributed by atoms with Gasteiger partial charge >= 0.3 is 5.97 Å². The molecule has 0 aliphatic heterocycles. The number of hydrogen-bond acceptors (Lipinski definition) is 7. The number of hydrogen-bond donors (Lipinski definition) is 4. The summed E-state index contributed by atoms with van der Waals surface area (Å²) in [5.41, 5.74) is 1.20. The highest BCUT2D eigenvalue weighted by molar-refractivity contribution is 5.80. The molecule has 0 unspecified atom stereocenters. The summed E-state index contributed by atoms with van der Waals surface area (Å²) in [6.07, 6.45) is 6.87. The largest absolute Gasteiger partial charge is 0.497 e. The second-order valence-electron chi connectivity index (χ2n) is 11.7. The van der Waals surface area contributed by atoms with Gasteiger partial charge in [0.25, 0.3) is 5.91 Å². The number of carbonyl (C=O) groups is 3. The molecule has 0 radical (unpaired) electrons. The van der Waals surface area contributed by atoms with Gasteiger partial charge in [-0.05, 0) is 53.8 Å². The van der Waals surface area contributed by atoms with Crippen molar-refractivity contribution in [1.29, 1.82) is 0 Å². The van der Waals surface area contributed by atoms with Crippen LogP contribution in [0.25, 0.3) is 0 Å². The number of ether oxygens (including phenoxy) is 3. The minimum absolute atomic E-state index is 0.0755. The third-order valence-corrected chi connectivity index (χ3v) is 8.22. The minimum Gasteiger partial charge on any atom is -0.497 e. The van der Waals surface area contributed by atoms with Crippen molar-refractivity contribution in [2.75, 3.05) is 33.9 Å². The van der Waals surface area contributed by atoms with E-state index in [-0.39, 0.29) is 32.0 Å². The van der Waals surface area contributed by atoms with Crippen LogP contribution in [0.1, 0.15) is 80.9 Å². The van der Waals surface area contributed by atoms with Gasteiger partial charge in [0.15, 0.2) is 6.10 Å². The summed E-state index contributed by atoms with van der Waals surface area (Å²) in [7, 11) is 3.20. The maximum atomic E-state index is 12.9. The maximum Gasteiger partial charge on any atom is 0.303 e. The smallest absolute Gasteiger partial charge is 0.303 e. The third kappa shape index (κ3) is 12.0. The quantitative estimate of drug-likeness (QED) is 0.0760. The highest BCUT2D eigenvalue weighted by Gasteiger charge is 2.39. The molecule has 10 nitrogen and oxygen atoms in total. The number of nitrogens with one attached hydrogen (secondary N) is 2. The van der Waals surface area contributed by atoms with Crippen LogP contribution in [0.5, 0.6) is 11.5 Å². The molecule has 4 N–H and O–H groups in total. The lowest BCUT2D eigenvalue weighted by atomic mass is 9.80. The van der Waals surface area contributed by atoms with E-state index in [1.165, 1.54) is 0 Å². The lowest BCUT2D eigenvalue weighted by Gasteiger charge is -2.36. The Morgan fingerprint density at radius 1 is 0.646 bits per heavy atom. The number of amides is 2. The summed E-state index contributed by atoms with van der Waals surface area (Å²) >= 11 is 0. The van der Waals surface area contributed by atoms with Crippen LogP contribution >= 0.6 is 0 Å². The van der Waals surface area contributed by atoms with Crippen LogP contribution in [0.2, 0.25) is 0 Å². The van der Waals surface area contributed by atoms with Crippen molar-refractivity contribution < 1.29 is 38.8 Å². The van der Waals surface area contributed by atoms with Crippen molar-refractivity contribution in [3.63, 3.8) is 0 Å². The molecule has 3 rings (SSSR count). The molecular weight excluding hydrogens is 612 g/mol. The van der Waals surface area contributed by atoms with E-state index in [0.29, 0.717) is 17.9 Å². The highest BCUT2D eigenvalue weighted by Crippen LogP contribution is 2.41. The Kier molecular flexibility index (Phi) is 16.4. The lowest BCUT2D eigenvalue weighted by Crippen LogP contribution is -2.43. The molecule has 48 heavy (non-hydrogen) atoms. The van der Waals surface area contributed by atoms with Crippen molar-refractivity contribution in [3.8, 4) is 11.5 Å². The van der Waals surface area contributed by atoms with E-state index in [0.717, 1.165) is 68.1 Å². The van der Waals surface area contributed by atoms with Crippen LogP contribution in [-0.2, 0) is 24.7 Å². The van der Waals surface area contributed by atoms with Crippen molar-refractivity contribution in [3.05, 3.63) is 95.6 Å². The Morgan fingerprint density at radius 2 is 1.10 bits per heavy atom. The van der Waals surface area contributed by atoms with Crippen molar-refractivity contribution >= 4 is 17.8 Å². The zero-order valence-electron chi connectivity index (χ0n) is 28.1. The predicted molar refractivity (Wildman–Crippen MR) is 184 cm³/mol. The SMILES string of the molecule is COc1ccc(C(OC[C@H](O)C(=O)NCCNC(=O)CCCCCCCCCCC(=O)O)(c2ccccc2)c2ccc(OC)cc2)cc1. The van der Waals surface area contributed by atoms with Gasteiger partial charge < -0.3 is 35.1 Å². The fourth-order valence-corrected chi connectivity index (χ4v) is 5.57. The minimum atomic E-state index is -1.46. The molecule has 0 bridgehead atoms. The summed E-state index contributed by atoms with van der Waals surface area (Å²) in [6.45, 7) is 0.123. The number of unbranched alkanes of at least 4 members (excludes halogenated alkanes) is 7. The second kappa shape index (κ2) is 20.7. The van der Waals surface area contributed by atoms with Gasteiger partial charge in [-0.3, -0.25) is 14.4 Å². The normalized spacial score (nSPS) is 11.8.